The Kier molecular flexibility index (Phi) is 5.07. The molecule has 2 amide bonds. The van der Waals surface area contributed by atoms with Crippen LogP contribution in [0.3, 0.4) is 0 Å². The van der Waals surface area contributed by atoms with Gasteiger partial charge in [0.15, 0.2) is 0 Å². The van der Waals surface area contributed by atoms with Crippen molar-refractivity contribution in [1.82, 2.24) is 5.32 Å². The highest BCUT2D eigenvalue weighted by Crippen LogP contribution is 2.31. The molecule has 0 radical (unpaired) electrons. The molecule has 1 N–H and O–H groups in total. The van der Waals surface area contributed by atoms with Gasteiger partial charge in [-0.1, -0.05) is 29.8 Å². The van der Waals surface area contributed by atoms with Crippen LogP contribution in [0.5, 0.6) is 0 Å². The van der Waals surface area contributed by atoms with Gasteiger partial charge in [-0.05, 0) is 31.2 Å². The van der Waals surface area contributed by atoms with Crippen LogP contribution >= 0.6 is 0 Å². The van der Waals surface area contributed by atoms with Gasteiger partial charge in [-0.2, -0.15) is 13.2 Å². The molecule has 1 unspecified atom stereocenters. The van der Waals surface area contributed by atoms with Crippen LogP contribution in [0.25, 0.3) is 0 Å². The summed E-state index contributed by atoms with van der Waals surface area (Å²) in [6.45, 7) is 2.03. The quantitative estimate of drug-likeness (QED) is 0.881. The third-order valence-electron chi connectivity index (χ3n) is 4.19. The third-order valence-corrected chi connectivity index (χ3v) is 4.19. The fourth-order valence-corrected chi connectivity index (χ4v) is 2.79. The number of carbonyl (C=O) groups excluding carboxylic acids is 2. The lowest BCUT2D eigenvalue weighted by molar-refractivity contribution is -0.137. The fourth-order valence-electron chi connectivity index (χ4n) is 2.79. The number of carbonyl (C=O) groups is 2. The maximum atomic E-state index is 13.0. The first-order valence-electron chi connectivity index (χ1n) is 8.25. The summed E-state index contributed by atoms with van der Waals surface area (Å²) >= 11 is 0. The van der Waals surface area contributed by atoms with Crippen molar-refractivity contribution in [3.63, 3.8) is 0 Å². The molecule has 3 rings (SSSR count). The Morgan fingerprint density at radius 3 is 2.52 bits per heavy atom. The summed E-state index contributed by atoms with van der Waals surface area (Å²) in [5.74, 6) is -0.868. The Labute approximate surface area is 153 Å². The first-order chi connectivity index (χ1) is 12.8. The number of ether oxygens (including phenoxy) is 1. The van der Waals surface area contributed by atoms with Gasteiger partial charge in [0.25, 0.3) is 5.91 Å². The number of hydrogen-bond acceptors (Lipinski definition) is 3. The minimum atomic E-state index is -4.63. The molecule has 8 heteroatoms. The summed E-state index contributed by atoms with van der Waals surface area (Å²) in [4.78, 5) is 25.6. The molecule has 1 fully saturated rings. The number of hydrogen-bond donors (Lipinski definition) is 1. The van der Waals surface area contributed by atoms with Gasteiger partial charge in [-0.25, -0.2) is 4.79 Å². The van der Waals surface area contributed by atoms with Gasteiger partial charge in [0, 0.05) is 5.69 Å². The standard InChI is InChI=1S/C19H17F3N2O3/c1-12-6-8-13(9-7-12)24-11-14(27-18(24)26)10-23-17(25)15-4-2-3-5-16(15)19(20,21)22/h2-9,14H,10-11H2,1H3,(H,23,25). The highest BCUT2D eigenvalue weighted by atomic mass is 19.4. The summed E-state index contributed by atoms with van der Waals surface area (Å²) in [5.41, 5.74) is 0.220. The van der Waals surface area contributed by atoms with Gasteiger partial charge >= 0.3 is 12.3 Å². The molecule has 0 bridgehead atoms. The van der Waals surface area contributed by atoms with Crippen LogP contribution in [0, 0.1) is 6.92 Å². The van der Waals surface area contributed by atoms with E-state index in [1.165, 1.54) is 17.0 Å². The number of anilines is 1. The van der Waals surface area contributed by atoms with Crippen LogP contribution in [-0.2, 0) is 10.9 Å². The first kappa shape index (κ1) is 18.8. The Balaban J connectivity index is 1.64. The zero-order chi connectivity index (χ0) is 19.6. The maximum Gasteiger partial charge on any atom is 0.417 e. The largest absolute Gasteiger partial charge is 0.442 e. The van der Waals surface area contributed by atoms with E-state index in [0.29, 0.717) is 5.69 Å². The molecule has 1 atom stereocenters. The van der Waals surface area contributed by atoms with E-state index in [1.807, 2.05) is 19.1 Å². The van der Waals surface area contributed by atoms with Crippen molar-refractivity contribution >= 4 is 17.7 Å². The number of rotatable bonds is 4. The highest BCUT2D eigenvalue weighted by Gasteiger charge is 2.36. The highest BCUT2D eigenvalue weighted by molar-refractivity contribution is 5.96. The summed E-state index contributed by atoms with van der Waals surface area (Å²) in [6, 6.07) is 11.8. The number of aryl methyl sites for hydroxylation is 1. The molecular formula is C19H17F3N2O3. The van der Waals surface area contributed by atoms with Crippen LogP contribution in [0.1, 0.15) is 21.5 Å². The average molecular weight is 378 g/mol. The maximum absolute atomic E-state index is 13.0. The lowest BCUT2D eigenvalue weighted by Gasteiger charge is -2.14. The van der Waals surface area contributed by atoms with Crippen molar-refractivity contribution < 1.29 is 27.5 Å². The predicted octanol–water partition coefficient (Wildman–Crippen LogP) is 3.77. The van der Waals surface area contributed by atoms with E-state index < -0.39 is 35.4 Å². The van der Waals surface area contributed by atoms with E-state index in [1.54, 1.807) is 12.1 Å². The van der Waals surface area contributed by atoms with Crippen molar-refractivity contribution in [3.8, 4) is 0 Å². The number of halogens is 3. The van der Waals surface area contributed by atoms with Crippen LogP contribution < -0.4 is 10.2 Å². The Hall–Kier alpha value is -3.03. The monoisotopic (exact) mass is 378 g/mol. The van der Waals surface area contributed by atoms with Gasteiger partial charge in [0.1, 0.15) is 6.10 Å². The normalized spacial score (nSPS) is 17.0. The first-order valence-corrected chi connectivity index (χ1v) is 8.25. The van der Waals surface area contributed by atoms with Crippen molar-refractivity contribution in [1.29, 1.82) is 0 Å². The van der Waals surface area contributed by atoms with E-state index in [2.05, 4.69) is 5.32 Å². The van der Waals surface area contributed by atoms with E-state index in [-0.39, 0.29) is 13.1 Å². The Morgan fingerprint density at radius 2 is 1.85 bits per heavy atom. The molecule has 1 aliphatic heterocycles. The summed E-state index contributed by atoms with van der Waals surface area (Å²) in [5, 5.41) is 2.41. The molecule has 2 aromatic rings. The molecule has 27 heavy (non-hydrogen) atoms. The van der Waals surface area contributed by atoms with Crippen molar-refractivity contribution in [2.24, 2.45) is 0 Å². The van der Waals surface area contributed by atoms with Crippen LogP contribution in [0.15, 0.2) is 48.5 Å². The minimum Gasteiger partial charge on any atom is -0.442 e. The molecule has 1 aliphatic rings. The number of nitrogens with one attached hydrogen (secondary N) is 1. The van der Waals surface area contributed by atoms with E-state index in [0.717, 1.165) is 17.7 Å². The zero-order valence-electron chi connectivity index (χ0n) is 14.4. The SMILES string of the molecule is Cc1ccc(N2CC(CNC(=O)c3ccccc3C(F)(F)F)OC2=O)cc1. The molecule has 0 spiro atoms. The molecule has 5 nitrogen and oxygen atoms in total. The van der Waals surface area contributed by atoms with Crippen LogP contribution in [-0.4, -0.2) is 31.2 Å². The number of benzene rings is 2. The summed E-state index contributed by atoms with van der Waals surface area (Å²) in [6.07, 6.45) is -5.84. The molecular weight excluding hydrogens is 361 g/mol. The zero-order valence-corrected chi connectivity index (χ0v) is 14.4. The number of cyclic esters (lactones) is 1. The second kappa shape index (κ2) is 7.30. The lowest BCUT2D eigenvalue weighted by atomic mass is 10.1. The molecule has 0 aromatic heterocycles. The number of nitrogens with zero attached hydrogens (tertiary/aromatic N) is 1. The molecule has 0 aliphatic carbocycles. The third kappa shape index (κ3) is 4.21. The number of alkyl halides is 3. The predicted molar refractivity (Wildman–Crippen MR) is 92.6 cm³/mol. The van der Waals surface area contributed by atoms with Crippen molar-refractivity contribution in [3.05, 3.63) is 65.2 Å². The summed E-state index contributed by atoms with van der Waals surface area (Å²) < 4.78 is 44.2. The molecule has 1 heterocycles. The topological polar surface area (TPSA) is 58.6 Å². The van der Waals surface area contributed by atoms with Crippen LogP contribution in [0.4, 0.5) is 23.7 Å². The lowest BCUT2D eigenvalue weighted by Crippen LogP contribution is -2.35. The van der Waals surface area contributed by atoms with Crippen molar-refractivity contribution in [2.75, 3.05) is 18.0 Å². The van der Waals surface area contributed by atoms with Crippen molar-refractivity contribution in [2.45, 2.75) is 19.2 Å². The van der Waals surface area contributed by atoms with Crippen LogP contribution in [0.2, 0.25) is 0 Å². The Morgan fingerprint density at radius 1 is 1.19 bits per heavy atom. The minimum absolute atomic E-state index is 0.0842. The second-order valence-electron chi connectivity index (χ2n) is 6.21. The van der Waals surface area contributed by atoms with Gasteiger partial charge in [-0.3, -0.25) is 9.69 Å². The van der Waals surface area contributed by atoms with E-state index in [9.17, 15) is 22.8 Å². The van der Waals surface area contributed by atoms with E-state index >= 15 is 0 Å². The van der Waals surface area contributed by atoms with Gasteiger partial charge < -0.3 is 10.1 Å². The van der Waals surface area contributed by atoms with Gasteiger partial charge in [0.2, 0.25) is 0 Å². The second-order valence-corrected chi connectivity index (χ2v) is 6.21. The molecule has 1 saturated heterocycles. The molecule has 2 aromatic carbocycles. The molecule has 142 valence electrons. The number of amides is 2. The fraction of sp³-hybridized carbons (Fsp3) is 0.263. The van der Waals surface area contributed by atoms with Gasteiger partial charge in [0.05, 0.1) is 24.2 Å². The summed E-state index contributed by atoms with van der Waals surface area (Å²) in [7, 11) is 0. The smallest absolute Gasteiger partial charge is 0.417 e. The Bertz CT molecular complexity index is 850. The molecule has 0 saturated carbocycles. The average Bonchev–Trinajstić information content (AvgIpc) is 3.00. The van der Waals surface area contributed by atoms with Gasteiger partial charge in [-0.15, -0.1) is 0 Å². The van der Waals surface area contributed by atoms with E-state index in [4.69, 9.17) is 4.74 Å².